The van der Waals surface area contributed by atoms with Crippen molar-refractivity contribution < 1.29 is 38.1 Å². The molecule has 2 aliphatic carbocycles. The molecule has 48 heavy (non-hydrogen) atoms. The summed E-state index contributed by atoms with van der Waals surface area (Å²) in [7, 11) is 0. The molecule has 0 radical (unpaired) electrons. The number of aryl methyl sites for hydroxylation is 1. The monoisotopic (exact) mass is 667 g/mol. The molecule has 0 spiro atoms. The first-order valence-corrected chi connectivity index (χ1v) is 16.7. The molecule has 262 valence electrons. The molecule has 0 aromatic heterocycles. The van der Waals surface area contributed by atoms with Gasteiger partial charge in [0.25, 0.3) is 0 Å². The van der Waals surface area contributed by atoms with Crippen LogP contribution in [-0.4, -0.2) is 37.1 Å². The normalized spacial score (nSPS) is 15.8. The van der Waals surface area contributed by atoms with Crippen molar-refractivity contribution in [3.8, 4) is 11.5 Å². The Hall–Kier alpha value is -4.68. The van der Waals surface area contributed by atoms with Crippen molar-refractivity contribution in [2.24, 2.45) is 10.8 Å². The second-order valence-corrected chi connectivity index (χ2v) is 13.3. The quantitative estimate of drug-likeness (QED) is 0.0730. The fourth-order valence-corrected chi connectivity index (χ4v) is 6.99. The highest BCUT2D eigenvalue weighted by Gasteiger charge is 2.37. The molecule has 4 rings (SSSR count). The third-order valence-electron chi connectivity index (χ3n) is 10.0. The number of esters is 4. The number of carbonyl (C=O) groups excluding carboxylic acids is 4. The van der Waals surface area contributed by atoms with E-state index in [2.05, 4.69) is 13.8 Å². The zero-order valence-corrected chi connectivity index (χ0v) is 28.2. The number of hydrogen-bond donors (Lipinski definition) is 5. The summed E-state index contributed by atoms with van der Waals surface area (Å²) >= 11 is 0. The largest absolute Gasteiger partial charge is 0.462 e. The molecule has 10 N–H and O–H groups in total. The van der Waals surface area contributed by atoms with E-state index < -0.39 is 40.9 Å². The van der Waals surface area contributed by atoms with Gasteiger partial charge in [0, 0.05) is 0 Å². The number of hydrogen-bond acceptors (Lipinski definition) is 13. The first-order valence-electron chi connectivity index (χ1n) is 16.7. The molecule has 0 saturated heterocycles. The summed E-state index contributed by atoms with van der Waals surface area (Å²) in [4.78, 5) is 52.6. The molecule has 0 unspecified atom stereocenters. The number of anilines is 5. The van der Waals surface area contributed by atoms with Crippen LogP contribution in [0.2, 0.25) is 0 Å². The minimum absolute atomic E-state index is 0.0273. The predicted octanol–water partition coefficient (Wildman–Crippen LogP) is 5.45. The maximum atomic E-state index is 13.3. The summed E-state index contributed by atoms with van der Waals surface area (Å²) in [5.41, 5.74) is 29.8. The molecule has 13 nitrogen and oxygen atoms in total. The van der Waals surface area contributed by atoms with Gasteiger partial charge in [-0.1, -0.05) is 39.5 Å². The van der Waals surface area contributed by atoms with Crippen molar-refractivity contribution >= 4 is 52.3 Å². The molecular weight excluding hydrogens is 618 g/mol. The van der Waals surface area contributed by atoms with Gasteiger partial charge in [-0.3, -0.25) is 0 Å². The molecule has 2 fully saturated rings. The van der Waals surface area contributed by atoms with E-state index in [1.165, 1.54) is 12.1 Å². The maximum absolute atomic E-state index is 13.3. The lowest BCUT2D eigenvalue weighted by molar-refractivity contribution is -0.156. The fraction of sp³-hybridized carbons (Fsp3) is 0.543. The van der Waals surface area contributed by atoms with Crippen LogP contribution in [0.3, 0.4) is 0 Å². The van der Waals surface area contributed by atoms with Crippen LogP contribution in [-0.2, 0) is 19.1 Å². The van der Waals surface area contributed by atoms with Crippen LogP contribution in [0.5, 0.6) is 11.5 Å². The standard InChI is InChI=1S/C35H49N5O8/c1-4-8-34(10-6-11-34)14-16-45-30(41)24-26(39)20(3)18-22(37)28(24)47-32(43)33(44)48-29-23(38)19-21(36)27(40)25(29)31(42)46-17-15-35(9-5-2)12-7-13-35/h18-19H,4-17,36-40H2,1-3H3. The Morgan fingerprint density at radius 2 is 1.04 bits per heavy atom. The summed E-state index contributed by atoms with van der Waals surface area (Å²) in [5, 5.41) is 0. The lowest BCUT2D eigenvalue weighted by Gasteiger charge is -2.42. The van der Waals surface area contributed by atoms with Crippen LogP contribution in [0.25, 0.3) is 0 Å². The van der Waals surface area contributed by atoms with Crippen LogP contribution >= 0.6 is 0 Å². The number of nitrogen functional groups attached to an aromatic ring is 5. The molecule has 0 heterocycles. The Morgan fingerprint density at radius 1 is 0.625 bits per heavy atom. The van der Waals surface area contributed by atoms with Crippen molar-refractivity contribution in [1.82, 2.24) is 0 Å². The number of ether oxygens (including phenoxy) is 4. The lowest BCUT2D eigenvalue weighted by atomic mass is 9.64. The molecule has 0 bridgehead atoms. The van der Waals surface area contributed by atoms with Crippen LogP contribution in [0.1, 0.15) is 117 Å². The van der Waals surface area contributed by atoms with Gasteiger partial charge in [-0.25, -0.2) is 19.2 Å². The Labute approximate surface area is 281 Å². The summed E-state index contributed by atoms with van der Waals surface area (Å²) < 4.78 is 21.6. The minimum atomic E-state index is -1.58. The van der Waals surface area contributed by atoms with Gasteiger partial charge in [0.15, 0.2) is 11.5 Å². The Kier molecular flexibility index (Phi) is 11.3. The van der Waals surface area contributed by atoms with Crippen molar-refractivity contribution in [1.29, 1.82) is 0 Å². The highest BCUT2D eigenvalue weighted by Crippen LogP contribution is 2.48. The van der Waals surface area contributed by atoms with Crippen molar-refractivity contribution in [2.45, 2.75) is 97.8 Å². The zero-order valence-electron chi connectivity index (χ0n) is 28.2. The van der Waals surface area contributed by atoms with E-state index in [0.717, 1.165) is 64.2 Å². The Balaban J connectivity index is 1.50. The van der Waals surface area contributed by atoms with Crippen molar-refractivity contribution in [2.75, 3.05) is 41.9 Å². The molecule has 0 aliphatic heterocycles. The molecule has 2 aromatic carbocycles. The van der Waals surface area contributed by atoms with E-state index >= 15 is 0 Å². The number of nitrogens with two attached hydrogens (primary N) is 5. The van der Waals surface area contributed by atoms with Crippen LogP contribution in [0.15, 0.2) is 12.1 Å². The number of rotatable bonds is 14. The second kappa shape index (κ2) is 15.0. The first-order chi connectivity index (χ1) is 22.8. The van der Waals surface area contributed by atoms with Crippen molar-refractivity contribution in [3.63, 3.8) is 0 Å². The summed E-state index contributed by atoms with van der Waals surface area (Å²) in [5.74, 6) is -5.91. The predicted molar refractivity (Wildman–Crippen MR) is 183 cm³/mol. The van der Waals surface area contributed by atoms with Gasteiger partial charge < -0.3 is 47.6 Å². The van der Waals surface area contributed by atoms with Gasteiger partial charge in [-0.05, 0) is 86.8 Å². The fourth-order valence-electron chi connectivity index (χ4n) is 6.99. The highest BCUT2D eigenvalue weighted by atomic mass is 16.6. The molecule has 2 aliphatic rings. The van der Waals surface area contributed by atoms with Gasteiger partial charge in [0.1, 0.15) is 11.1 Å². The molecule has 2 saturated carbocycles. The number of benzene rings is 2. The van der Waals surface area contributed by atoms with Crippen molar-refractivity contribution in [3.05, 3.63) is 28.8 Å². The lowest BCUT2D eigenvalue weighted by Crippen LogP contribution is -2.31. The van der Waals surface area contributed by atoms with Gasteiger partial charge in [0.05, 0.1) is 41.7 Å². The molecule has 0 atom stereocenters. The average Bonchev–Trinajstić information content (AvgIpc) is 2.99. The van der Waals surface area contributed by atoms with E-state index in [1.807, 2.05) is 0 Å². The molecular formula is C35H49N5O8. The minimum Gasteiger partial charge on any atom is -0.462 e. The van der Waals surface area contributed by atoms with E-state index in [4.69, 9.17) is 47.6 Å². The van der Waals surface area contributed by atoms with Gasteiger partial charge in [-0.2, -0.15) is 0 Å². The maximum Gasteiger partial charge on any atom is 0.423 e. The van der Waals surface area contributed by atoms with E-state index in [-0.39, 0.29) is 58.0 Å². The molecule has 2 aromatic rings. The third kappa shape index (κ3) is 7.71. The topological polar surface area (TPSA) is 235 Å². The summed E-state index contributed by atoms with van der Waals surface area (Å²) in [6.07, 6.45) is 12.0. The van der Waals surface area contributed by atoms with Crippen LogP contribution in [0.4, 0.5) is 28.4 Å². The van der Waals surface area contributed by atoms with Gasteiger partial charge in [-0.15, -0.1) is 0 Å². The van der Waals surface area contributed by atoms with Gasteiger partial charge in [0.2, 0.25) is 0 Å². The van der Waals surface area contributed by atoms with E-state index in [0.29, 0.717) is 18.4 Å². The van der Waals surface area contributed by atoms with Gasteiger partial charge >= 0.3 is 23.9 Å². The molecule has 13 heteroatoms. The first kappa shape index (κ1) is 36.2. The Morgan fingerprint density at radius 3 is 1.44 bits per heavy atom. The van der Waals surface area contributed by atoms with Crippen LogP contribution in [0, 0.1) is 17.8 Å². The third-order valence-corrected chi connectivity index (χ3v) is 10.0. The van der Waals surface area contributed by atoms with Crippen LogP contribution < -0.4 is 38.1 Å². The smallest absolute Gasteiger partial charge is 0.423 e. The Bertz CT molecular complexity index is 1450. The zero-order chi connectivity index (χ0) is 35.2. The summed E-state index contributed by atoms with van der Waals surface area (Å²) in [6, 6.07) is 2.58. The molecule has 0 amide bonds. The second-order valence-electron chi connectivity index (χ2n) is 13.3. The van der Waals surface area contributed by atoms with E-state index in [1.54, 1.807) is 6.92 Å². The SMILES string of the molecule is CCCC1(CCOC(=O)c2c(N)c(C)cc(N)c2OC(=O)C(=O)Oc2c(N)cc(N)c(N)c2C(=O)OCCC2(CCC)CCC2)CCC1. The van der Waals surface area contributed by atoms with E-state index in [9.17, 15) is 19.2 Å². The average molecular weight is 668 g/mol. The number of carbonyl (C=O) groups is 4. The highest BCUT2D eigenvalue weighted by molar-refractivity contribution is 6.31. The summed E-state index contributed by atoms with van der Waals surface area (Å²) in [6.45, 7) is 6.10.